The first kappa shape index (κ1) is 15.3. The highest BCUT2D eigenvalue weighted by Crippen LogP contribution is 2.23. The van der Waals surface area contributed by atoms with Crippen molar-refractivity contribution in [3.05, 3.63) is 29.3 Å². The van der Waals surface area contributed by atoms with Gasteiger partial charge in [-0.05, 0) is 38.1 Å². The van der Waals surface area contributed by atoms with Crippen molar-refractivity contribution < 1.29 is 0 Å². The maximum atomic E-state index is 3.58. The summed E-state index contributed by atoms with van der Waals surface area (Å²) in [5.41, 5.74) is 4.21. The molecule has 1 saturated heterocycles. The molecular formula is C17H29N3. The number of nitrogens with zero attached hydrogens (tertiary/aromatic N) is 2. The summed E-state index contributed by atoms with van der Waals surface area (Å²) >= 11 is 0. The molecule has 1 N–H and O–H groups in total. The number of rotatable bonds is 5. The molecule has 1 aromatic carbocycles. The Hall–Kier alpha value is -1.06. The zero-order chi connectivity index (χ0) is 14.5. The van der Waals surface area contributed by atoms with E-state index < -0.39 is 0 Å². The number of aryl methyl sites for hydroxylation is 1. The van der Waals surface area contributed by atoms with Crippen LogP contribution in [-0.2, 0) is 6.54 Å². The molecule has 3 heteroatoms. The second-order valence-corrected chi connectivity index (χ2v) is 6.45. The maximum Gasteiger partial charge on any atom is 0.0412 e. The molecule has 1 fully saturated rings. The largest absolute Gasteiger partial charge is 0.369 e. The summed E-state index contributed by atoms with van der Waals surface area (Å²) in [6, 6.07) is 6.87. The number of piperazine rings is 1. The van der Waals surface area contributed by atoms with Gasteiger partial charge in [-0.15, -0.1) is 0 Å². The zero-order valence-corrected chi connectivity index (χ0v) is 13.4. The molecule has 3 nitrogen and oxygen atoms in total. The Balaban J connectivity index is 2.07. The molecule has 112 valence electrons. The summed E-state index contributed by atoms with van der Waals surface area (Å²) in [6.45, 7) is 13.3. The molecule has 0 bridgehead atoms. The summed E-state index contributed by atoms with van der Waals surface area (Å²) in [4.78, 5) is 4.94. The molecule has 0 atom stereocenters. The van der Waals surface area contributed by atoms with E-state index in [2.05, 4.69) is 61.1 Å². The molecule has 0 saturated carbocycles. The van der Waals surface area contributed by atoms with E-state index in [4.69, 9.17) is 0 Å². The van der Waals surface area contributed by atoms with Gasteiger partial charge in [-0.3, -0.25) is 0 Å². The van der Waals surface area contributed by atoms with Crippen LogP contribution in [0.5, 0.6) is 0 Å². The summed E-state index contributed by atoms with van der Waals surface area (Å²) in [5.74, 6) is 0.701. The molecule has 0 aromatic heterocycles. The van der Waals surface area contributed by atoms with Gasteiger partial charge in [-0.1, -0.05) is 31.5 Å². The van der Waals surface area contributed by atoms with E-state index in [1.54, 1.807) is 0 Å². The van der Waals surface area contributed by atoms with Crippen molar-refractivity contribution in [1.29, 1.82) is 0 Å². The van der Waals surface area contributed by atoms with Gasteiger partial charge in [0.25, 0.3) is 0 Å². The van der Waals surface area contributed by atoms with Gasteiger partial charge in [-0.2, -0.15) is 0 Å². The summed E-state index contributed by atoms with van der Waals surface area (Å²) < 4.78 is 0. The summed E-state index contributed by atoms with van der Waals surface area (Å²) in [7, 11) is 2.21. The Morgan fingerprint density at radius 2 is 1.85 bits per heavy atom. The van der Waals surface area contributed by atoms with Gasteiger partial charge in [0.15, 0.2) is 0 Å². The SMILES string of the molecule is Cc1ccc(N2CCN(C)CC2)c(CNCC(C)C)c1. The molecule has 1 aromatic rings. The molecule has 0 amide bonds. The van der Waals surface area contributed by atoms with Crippen LogP contribution in [0, 0.1) is 12.8 Å². The molecule has 0 aliphatic carbocycles. The molecule has 20 heavy (non-hydrogen) atoms. The fourth-order valence-electron chi connectivity index (χ4n) is 2.71. The van der Waals surface area contributed by atoms with Crippen LogP contribution in [0.15, 0.2) is 18.2 Å². The number of likely N-dealkylation sites (N-methyl/N-ethyl adjacent to an activating group) is 1. The normalized spacial score (nSPS) is 16.9. The van der Waals surface area contributed by atoms with E-state index in [0.29, 0.717) is 5.92 Å². The predicted octanol–water partition coefficient (Wildman–Crippen LogP) is 2.49. The fourth-order valence-corrected chi connectivity index (χ4v) is 2.71. The first-order chi connectivity index (χ1) is 9.56. The second kappa shape index (κ2) is 7.09. The molecule has 2 rings (SSSR count). The Bertz CT molecular complexity index is 420. The van der Waals surface area contributed by atoms with Crippen LogP contribution in [-0.4, -0.2) is 44.7 Å². The minimum Gasteiger partial charge on any atom is -0.369 e. The van der Waals surface area contributed by atoms with Crippen molar-refractivity contribution in [1.82, 2.24) is 10.2 Å². The Kier molecular flexibility index (Phi) is 5.44. The van der Waals surface area contributed by atoms with Crippen molar-refractivity contribution in [2.24, 2.45) is 5.92 Å². The number of hydrogen-bond donors (Lipinski definition) is 1. The van der Waals surface area contributed by atoms with Gasteiger partial charge >= 0.3 is 0 Å². The van der Waals surface area contributed by atoms with Gasteiger partial charge in [0, 0.05) is 38.4 Å². The minimum absolute atomic E-state index is 0.701. The third kappa shape index (κ3) is 4.22. The number of anilines is 1. The second-order valence-electron chi connectivity index (χ2n) is 6.45. The highest BCUT2D eigenvalue weighted by molar-refractivity contribution is 5.55. The third-order valence-electron chi connectivity index (χ3n) is 3.95. The van der Waals surface area contributed by atoms with Crippen LogP contribution in [0.3, 0.4) is 0 Å². The summed E-state index contributed by atoms with van der Waals surface area (Å²) in [5, 5.41) is 3.58. The lowest BCUT2D eigenvalue weighted by molar-refractivity contribution is 0.312. The van der Waals surface area contributed by atoms with Crippen molar-refractivity contribution in [3.63, 3.8) is 0 Å². The van der Waals surface area contributed by atoms with Crippen molar-refractivity contribution in [2.75, 3.05) is 44.7 Å². The first-order valence-corrected chi connectivity index (χ1v) is 7.80. The minimum atomic E-state index is 0.701. The van der Waals surface area contributed by atoms with E-state index in [1.807, 2.05) is 0 Å². The average Bonchev–Trinajstić information content (AvgIpc) is 2.40. The van der Waals surface area contributed by atoms with Gasteiger partial charge in [0.05, 0.1) is 0 Å². The van der Waals surface area contributed by atoms with Gasteiger partial charge in [0.2, 0.25) is 0 Å². The lowest BCUT2D eigenvalue weighted by Gasteiger charge is -2.35. The fraction of sp³-hybridized carbons (Fsp3) is 0.647. The molecule has 1 heterocycles. The quantitative estimate of drug-likeness (QED) is 0.891. The Morgan fingerprint density at radius 3 is 2.50 bits per heavy atom. The van der Waals surface area contributed by atoms with Crippen LogP contribution < -0.4 is 10.2 Å². The van der Waals surface area contributed by atoms with E-state index in [0.717, 1.165) is 39.3 Å². The number of benzene rings is 1. The van der Waals surface area contributed by atoms with Crippen LogP contribution in [0.2, 0.25) is 0 Å². The van der Waals surface area contributed by atoms with E-state index >= 15 is 0 Å². The number of nitrogens with one attached hydrogen (secondary N) is 1. The van der Waals surface area contributed by atoms with Crippen LogP contribution in [0.25, 0.3) is 0 Å². The monoisotopic (exact) mass is 275 g/mol. The van der Waals surface area contributed by atoms with E-state index in [-0.39, 0.29) is 0 Å². The molecule has 0 radical (unpaired) electrons. The van der Waals surface area contributed by atoms with Gasteiger partial charge < -0.3 is 15.1 Å². The Labute approximate surface area is 124 Å². The van der Waals surface area contributed by atoms with Gasteiger partial charge in [-0.25, -0.2) is 0 Å². The molecule has 1 aliphatic rings. The van der Waals surface area contributed by atoms with E-state index in [1.165, 1.54) is 16.8 Å². The summed E-state index contributed by atoms with van der Waals surface area (Å²) in [6.07, 6.45) is 0. The van der Waals surface area contributed by atoms with Crippen molar-refractivity contribution >= 4 is 5.69 Å². The lowest BCUT2D eigenvalue weighted by Crippen LogP contribution is -2.45. The standard InChI is InChI=1S/C17H29N3/c1-14(2)12-18-13-16-11-15(3)5-6-17(16)20-9-7-19(4)8-10-20/h5-6,11,14,18H,7-10,12-13H2,1-4H3. The van der Waals surface area contributed by atoms with Crippen molar-refractivity contribution in [2.45, 2.75) is 27.3 Å². The van der Waals surface area contributed by atoms with Gasteiger partial charge in [0.1, 0.15) is 0 Å². The lowest BCUT2D eigenvalue weighted by atomic mass is 10.1. The molecular weight excluding hydrogens is 246 g/mol. The van der Waals surface area contributed by atoms with E-state index in [9.17, 15) is 0 Å². The van der Waals surface area contributed by atoms with Crippen LogP contribution >= 0.6 is 0 Å². The smallest absolute Gasteiger partial charge is 0.0412 e. The van der Waals surface area contributed by atoms with Crippen LogP contribution in [0.4, 0.5) is 5.69 Å². The topological polar surface area (TPSA) is 18.5 Å². The first-order valence-electron chi connectivity index (χ1n) is 7.80. The van der Waals surface area contributed by atoms with Crippen LogP contribution in [0.1, 0.15) is 25.0 Å². The predicted molar refractivity (Wildman–Crippen MR) is 87.4 cm³/mol. The molecule has 0 spiro atoms. The molecule has 0 unspecified atom stereocenters. The third-order valence-corrected chi connectivity index (χ3v) is 3.95. The average molecular weight is 275 g/mol. The Morgan fingerprint density at radius 1 is 1.15 bits per heavy atom. The zero-order valence-electron chi connectivity index (χ0n) is 13.4. The number of hydrogen-bond acceptors (Lipinski definition) is 3. The highest BCUT2D eigenvalue weighted by atomic mass is 15.2. The highest BCUT2D eigenvalue weighted by Gasteiger charge is 2.16. The van der Waals surface area contributed by atoms with Crippen molar-refractivity contribution in [3.8, 4) is 0 Å². The maximum absolute atomic E-state index is 3.58. The molecule has 1 aliphatic heterocycles.